The quantitative estimate of drug-likeness (QED) is 0.501. The van der Waals surface area contributed by atoms with Crippen molar-refractivity contribution in [2.24, 2.45) is 28.6 Å². The third-order valence-electron chi connectivity index (χ3n) is 11.1. The summed E-state index contributed by atoms with van der Waals surface area (Å²) < 4.78 is 12.6. The van der Waals surface area contributed by atoms with E-state index in [1.807, 2.05) is 0 Å². The monoisotopic (exact) mass is 452 g/mol. The summed E-state index contributed by atoms with van der Waals surface area (Å²) in [5, 5.41) is 20.3. The Morgan fingerprint density at radius 1 is 1.10 bits per heavy atom. The molecule has 6 aliphatic rings. The molecule has 2 unspecified atom stereocenters. The van der Waals surface area contributed by atoms with E-state index in [4.69, 9.17) is 21.1 Å². The minimum Gasteiger partial charge on any atom is -0.481 e. The predicted octanol–water partition coefficient (Wildman–Crippen LogP) is 3.31. The maximum absolute atomic E-state index is 13.0. The van der Waals surface area contributed by atoms with Gasteiger partial charge >= 0.3 is 5.97 Å². The number of halogens is 1. The molecule has 0 radical (unpaired) electrons. The molecule has 0 aromatic carbocycles. The highest BCUT2D eigenvalue weighted by Gasteiger charge is 2.87. The van der Waals surface area contributed by atoms with Crippen LogP contribution in [0.15, 0.2) is 0 Å². The molecule has 6 fully saturated rings. The molecular weight excluding hydrogens is 420 g/mol. The van der Waals surface area contributed by atoms with Gasteiger partial charge in [-0.1, -0.05) is 13.8 Å². The van der Waals surface area contributed by atoms with E-state index in [9.17, 15) is 19.8 Å². The third kappa shape index (κ3) is 2.17. The van der Waals surface area contributed by atoms with Gasteiger partial charge in [0.05, 0.1) is 24.0 Å². The van der Waals surface area contributed by atoms with Crippen LogP contribution >= 0.6 is 11.6 Å². The lowest BCUT2D eigenvalue weighted by molar-refractivity contribution is -0.165. The lowest BCUT2D eigenvalue weighted by atomic mass is 9.43. The van der Waals surface area contributed by atoms with E-state index >= 15 is 0 Å². The third-order valence-corrected chi connectivity index (χ3v) is 11.3. The van der Waals surface area contributed by atoms with Crippen LogP contribution in [-0.2, 0) is 19.1 Å². The summed E-state index contributed by atoms with van der Waals surface area (Å²) in [4.78, 5) is 24.3. The molecule has 10 atom stereocenters. The number of carbonyl (C=O) groups is 2. The highest BCUT2D eigenvalue weighted by Crippen LogP contribution is 2.80. The molecule has 6 nitrogen and oxygen atoms in total. The molecule has 0 bridgehead atoms. The Labute approximate surface area is 188 Å². The number of carbonyl (C=O) groups excluding carboxylic acids is 1. The van der Waals surface area contributed by atoms with E-state index in [1.165, 1.54) is 0 Å². The van der Waals surface area contributed by atoms with Gasteiger partial charge in [-0.3, -0.25) is 9.59 Å². The first-order valence-electron chi connectivity index (χ1n) is 11.8. The van der Waals surface area contributed by atoms with E-state index < -0.39 is 28.4 Å². The topological polar surface area (TPSA) is 99.7 Å². The molecule has 4 aliphatic carbocycles. The maximum Gasteiger partial charge on any atom is 0.306 e. The van der Waals surface area contributed by atoms with Crippen LogP contribution in [0, 0.1) is 28.6 Å². The predicted molar refractivity (Wildman–Crippen MR) is 112 cm³/mol. The van der Waals surface area contributed by atoms with Crippen LogP contribution in [0.4, 0.5) is 0 Å². The maximum atomic E-state index is 13.0. The number of carboxylic acids is 1. The molecule has 1 spiro atoms. The van der Waals surface area contributed by atoms with Gasteiger partial charge in [-0.15, -0.1) is 11.6 Å². The zero-order valence-electron chi connectivity index (χ0n) is 18.6. The number of fused-ring (bicyclic) bond motifs is 6. The number of aliphatic hydroxyl groups is 1. The minimum atomic E-state index is -1.18. The fraction of sp³-hybridized carbons (Fsp3) is 0.917. The van der Waals surface area contributed by atoms with Crippen molar-refractivity contribution in [1.29, 1.82) is 0 Å². The van der Waals surface area contributed by atoms with Crippen LogP contribution in [0.2, 0.25) is 0 Å². The van der Waals surface area contributed by atoms with E-state index in [-0.39, 0.29) is 35.0 Å². The van der Waals surface area contributed by atoms with Crippen molar-refractivity contribution in [3.8, 4) is 0 Å². The summed E-state index contributed by atoms with van der Waals surface area (Å²) in [6.07, 6.45) is 5.37. The highest BCUT2D eigenvalue weighted by molar-refractivity contribution is 6.29. The van der Waals surface area contributed by atoms with Gasteiger partial charge in [-0.05, 0) is 63.2 Å². The minimum absolute atomic E-state index is 0.000712. The molecule has 4 saturated carbocycles. The average molecular weight is 453 g/mol. The van der Waals surface area contributed by atoms with Crippen molar-refractivity contribution >= 4 is 23.4 Å². The van der Waals surface area contributed by atoms with Crippen molar-refractivity contribution in [2.45, 2.75) is 101 Å². The molecule has 0 amide bonds. The Morgan fingerprint density at radius 3 is 2.52 bits per heavy atom. The molecule has 0 aromatic heterocycles. The van der Waals surface area contributed by atoms with Gasteiger partial charge in [0.15, 0.2) is 11.4 Å². The summed E-state index contributed by atoms with van der Waals surface area (Å²) in [6.45, 7) is 6.66. The summed E-state index contributed by atoms with van der Waals surface area (Å²) in [5.41, 5.74) is -2.96. The fourth-order valence-electron chi connectivity index (χ4n) is 9.72. The van der Waals surface area contributed by atoms with Crippen molar-refractivity contribution in [1.82, 2.24) is 0 Å². The number of epoxide rings is 2. The SMILES string of the molecule is C[C@@]12C[C@H]3[C@@H]4CC5OC56C[C@](O)(CC(=O)O)CC[C@]6(C)[C@H]4CC[C@]3(C)[C@]1(C(=O)CCl)O2. The van der Waals surface area contributed by atoms with Crippen LogP contribution in [0.25, 0.3) is 0 Å². The van der Waals surface area contributed by atoms with Crippen LogP contribution in [-0.4, -0.2) is 56.4 Å². The molecule has 2 heterocycles. The number of Topliss-reactive ketones (excluding diaryl/α,β-unsaturated/α-hetero) is 1. The van der Waals surface area contributed by atoms with Gasteiger partial charge in [-0.2, -0.15) is 0 Å². The molecule has 172 valence electrons. The zero-order valence-corrected chi connectivity index (χ0v) is 19.3. The molecule has 2 N–H and O–H groups in total. The van der Waals surface area contributed by atoms with Gasteiger partial charge < -0.3 is 19.7 Å². The number of alkyl halides is 1. The first kappa shape index (κ1) is 20.9. The van der Waals surface area contributed by atoms with E-state index in [0.717, 1.165) is 32.1 Å². The number of carboxylic acid groups (broad SMARTS) is 1. The average Bonchev–Trinajstić information content (AvgIpc) is 3.53. The van der Waals surface area contributed by atoms with Crippen molar-refractivity contribution < 1.29 is 29.3 Å². The molecule has 7 heteroatoms. The Hall–Kier alpha value is -0.690. The van der Waals surface area contributed by atoms with E-state index in [0.29, 0.717) is 30.6 Å². The van der Waals surface area contributed by atoms with Gasteiger partial charge in [-0.25, -0.2) is 0 Å². The number of hydrogen-bond donors (Lipinski definition) is 2. The van der Waals surface area contributed by atoms with Gasteiger partial charge in [0, 0.05) is 17.3 Å². The van der Waals surface area contributed by atoms with Gasteiger partial charge in [0.1, 0.15) is 11.2 Å². The van der Waals surface area contributed by atoms with Crippen LogP contribution in [0.1, 0.15) is 72.1 Å². The Morgan fingerprint density at radius 2 is 1.84 bits per heavy atom. The van der Waals surface area contributed by atoms with E-state index in [2.05, 4.69) is 20.8 Å². The lowest BCUT2D eigenvalue weighted by Crippen LogP contribution is -2.62. The molecule has 2 saturated heterocycles. The summed E-state index contributed by atoms with van der Waals surface area (Å²) in [5.74, 6) is 0.410. The molecule has 6 rings (SSSR count). The second-order valence-corrected chi connectivity index (χ2v) is 12.5. The molecular formula is C24H33ClO6. The zero-order chi connectivity index (χ0) is 22.2. The largest absolute Gasteiger partial charge is 0.481 e. The number of rotatable bonds is 4. The van der Waals surface area contributed by atoms with Gasteiger partial charge in [0.25, 0.3) is 0 Å². The normalized spacial score (nSPS) is 60.7. The first-order valence-corrected chi connectivity index (χ1v) is 12.4. The van der Waals surface area contributed by atoms with Crippen molar-refractivity contribution in [3.05, 3.63) is 0 Å². The smallest absolute Gasteiger partial charge is 0.306 e. The summed E-state index contributed by atoms with van der Waals surface area (Å²) >= 11 is 6.03. The fourth-order valence-corrected chi connectivity index (χ4v) is 9.91. The number of aliphatic carboxylic acids is 1. The Balaban J connectivity index is 1.33. The Kier molecular flexibility index (Phi) is 3.83. The Bertz CT molecular complexity index is 893. The van der Waals surface area contributed by atoms with Gasteiger partial charge in [0.2, 0.25) is 0 Å². The highest BCUT2D eigenvalue weighted by atomic mass is 35.5. The lowest BCUT2D eigenvalue weighted by Gasteiger charge is -2.60. The molecule has 31 heavy (non-hydrogen) atoms. The summed E-state index contributed by atoms with van der Waals surface area (Å²) in [6, 6.07) is 0. The number of ether oxygens (including phenoxy) is 2. The standard InChI is InChI=1S/C24H33ClO6/c1-19-6-7-22(29,10-18(27)28)12-23(19)17(30-23)8-13-14(19)4-5-20(2)15(13)9-21(3)24(20,31-21)16(26)11-25/h13-15,17,29H,4-12H2,1-3H3,(H,27,28)/t13-,14+,15+,17?,19-,20+,21-,22-,23?,24+/m1/s1. The van der Waals surface area contributed by atoms with Crippen LogP contribution in [0.3, 0.4) is 0 Å². The molecule has 0 aromatic rings. The summed E-state index contributed by atoms with van der Waals surface area (Å²) in [7, 11) is 0. The first-order chi connectivity index (χ1) is 14.4. The van der Waals surface area contributed by atoms with Crippen molar-refractivity contribution in [3.63, 3.8) is 0 Å². The van der Waals surface area contributed by atoms with Crippen LogP contribution < -0.4 is 0 Å². The second-order valence-electron chi connectivity index (χ2n) is 12.2. The van der Waals surface area contributed by atoms with E-state index in [1.54, 1.807) is 0 Å². The number of hydrogen-bond acceptors (Lipinski definition) is 5. The van der Waals surface area contributed by atoms with Crippen molar-refractivity contribution in [2.75, 3.05) is 5.88 Å². The number of ketones is 1. The second kappa shape index (κ2) is 5.68. The van der Waals surface area contributed by atoms with Crippen LogP contribution in [0.5, 0.6) is 0 Å². The molecule has 2 aliphatic heterocycles.